The van der Waals surface area contributed by atoms with Gasteiger partial charge in [0.2, 0.25) is 5.91 Å². The third-order valence-corrected chi connectivity index (χ3v) is 7.49. The molecule has 0 aliphatic carbocycles. The van der Waals surface area contributed by atoms with E-state index < -0.39 is 11.8 Å². The third-order valence-electron chi connectivity index (χ3n) is 6.49. The van der Waals surface area contributed by atoms with Crippen LogP contribution in [0, 0.1) is 0 Å². The van der Waals surface area contributed by atoms with E-state index in [0.29, 0.717) is 22.6 Å². The van der Waals surface area contributed by atoms with E-state index >= 15 is 0 Å². The molecule has 0 aromatic heterocycles. The highest BCUT2D eigenvalue weighted by atomic mass is 32.2. The standard InChI is InChI=1S/C35H29N3O4S/c1-42-32-20-8-6-14-26(32)21-31(38-34(40)25-12-3-2-4-13-25)35(41)36-27-16-10-17-28(22-27)43-23-33(39)37-30-19-9-15-24-11-5-7-18-29(24)30/h2-22H,23H2,1H3,(H,36,41)(H,37,39)(H,38,40)/b31-21+. The number of ether oxygens (including phenoxy) is 1. The zero-order chi connectivity index (χ0) is 30.0. The van der Waals surface area contributed by atoms with Gasteiger partial charge in [-0.2, -0.15) is 0 Å². The van der Waals surface area contributed by atoms with Gasteiger partial charge in [-0.25, -0.2) is 0 Å². The van der Waals surface area contributed by atoms with Gasteiger partial charge in [0.05, 0.1) is 12.9 Å². The van der Waals surface area contributed by atoms with E-state index in [1.54, 1.807) is 67.8 Å². The maximum absolute atomic E-state index is 13.5. The number of fused-ring (bicyclic) bond motifs is 1. The molecular weight excluding hydrogens is 558 g/mol. The van der Waals surface area contributed by atoms with E-state index in [0.717, 1.165) is 21.4 Å². The quantitative estimate of drug-likeness (QED) is 0.121. The van der Waals surface area contributed by atoms with Gasteiger partial charge in [-0.05, 0) is 53.9 Å². The van der Waals surface area contributed by atoms with E-state index in [-0.39, 0.29) is 17.4 Å². The zero-order valence-corrected chi connectivity index (χ0v) is 24.2. The van der Waals surface area contributed by atoms with Crippen molar-refractivity contribution in [1.82, 2.24) is 5.32 Å². The van der Waals surface area contributed by atoms with Gasteiger partial charge in [-0.15, -0.1) is 11.8 Å². The normalized spacial score (nSPS) is 11.0. The Bertz CT molecular complexity index is 1800. The Morgan fingerprint density at radius 1 is 0.767 bits per heavy atom. The molecule has 0 fully saturated rings. The number of rotatable bonds is 10. The molecule has 0 heterocycles. The zero-order valence-electron chi connectivity index (χ0n) is 23.4. The topological polar surface area (TPSA) is 96.5 Å². The molecule has 0 aliphatic rings. The summed E-state index contributed by atoms with van der Waals surface area (Å²) in [6, 6.07) is 36.8. The summed E-state index contributed by atoms with van der Waals surface area (Å²) in [5, 5.41) is 10.6. The summed E-state index contributed by atoms with van der Waals surface area (Å²) in [5.41, 5.74) is 2.37. The first-order valence-corrected chi connectivity index (χ1v) is 14.5. The number of hydrogen-bond donors (Lipinski definition) is 3. The van der Waals surface area contributed by atoms with Crippen LogP contribution in [0.4, 0.5) is 11.4 Å². The first-order valence-electron chi connectivity index (χ1n) is 13.5. The van der Waals surface area contributed by atoms with Crippen LogP contribution in [-0.4, -0.2) is 30.6 Å². The van der Waals surface area contributed by atoms with Crippen LogP contribution >= 0.6 is 11.8 Å². The van der Waals surface area contributed by atoms with Gasteiger partial charge in [0.15, 0.2) is 0 Å². The predicted octanol–water partition coefficient (Wildman–Crippen LogP) is 6.99. The summed E-state index contributed by atoms with van der Waals surface area (Å²) in [4.78, 5) is 40.0. The molecule has 0 atom stereocenters. The molecule has 43 heavy (non-hydrogen) atoms. The number of nitrogens with one attached hydrogen (secondary N) is 3. The molecule has 5 rings (SSSR count). The molecule has 5 aromatic carbocycles. The Labute approximate surface area is 254 Å². The number of thioether (sulfide) groups is 1. The highest BCUT2D eigenvalue weighted by Crippen LogP contribution is 2.26. The van der Waals surface area contributed by atoms with Crippen LogP contribution in [0.15, 0.2) is 132 Å². The molecule has 214 valence electrons. The van der Waals surface area contributed by atoms with Crippen LogP contribution < -0.4 is 20.7 Å². The lowest BCUT2D eigenvalue weighted by atomic mass is 10.1. The van der Waals surface area contributed by atoms with Gasteiger partial charge in [0, 0.05) is 32.8 Å². The number of benzene rings is 5. The van der Waals surface area contributed by atoms with Crippen molar-refractivity contribution in [1.29, 1.82) is 0 Å². The van der Waals surface area contributed by atoms with Gasteiger partial charge in [0.25, 0.3) is 11.8 Å². The van der Waals surface area contributed by atoms with Gasteiger partial charge in [-0.1, -0.05) is 78.9 Å². The van der Waals surface area contributed by atoms with Crippen molar-refractivity contribution in [2.24, 2.45) is 0 Å². The van der Waals surface area contributed by atoms with Crippen LogP contribution in [0.3, 0.4) is 0 Å². The van der Waals surface area contributed by atoms with Crippen molar-refractivity contribution in [3.8, 4) is 5.75 Å². The Hall–Kier alpha value is -5.34. The molecule has 0 aliphatic heterocycles. The van der Waals surface area contributed by atoms with Gasteiger partial charge in [0.1, 0.15) is 11.4 Å². The predicted molar refractivity (Wildman–Crippen MR) is 173 cm³/mol. The fraction of sp³-hybridized carbons (Fsp3) is 0.0571. The van der Waals surface area contributed by atoms with E-state index in [2.05, 4.69) is 16.0 Å². The van der Waals surface area contributed by atoms with Crippen molar-refractivity contribution >= 4 is 57.7 Å². The molecule has 0 bridgehead atoms. The highest BCUT2D eigenvalue weighted by Gasteiger charge is 2.16. The lowest BCUT2D eigenvalue weighted by molar-refractivity contribution is -0.114. The molecule has 0 saturated heterocycles. The number of anilines is 2. The average molecular weight is 588 g/mol. The molecule has 3 N–H and O–H groups in total. The second-order valence-electron chi connectivity index (χ2n) is 9.47. The SMILES string of the molecule is COc1ccccc1/C=C(/NC(=O)c1ccccc1)C(=O)Nc1cccc(SCC(=O)Nc2cccc3ccccc23)c1. The Morgan fingerprint density at radius 2 is 1.49 bits per heavy atom. The monoisotopic (exact) mass is 587 g/mol. The number of methoxy groups -OCH3 is 1. The number of carbonyl (C=O) groups is 3. The molecule has 0 saturated carbocycles. The molecular formula is C35H29N3O4S. The molecule has 7 nitrogen and oxygen atoms in total. The second kappa shape index (κ2) is 14.0. The van der Waals surface area contributed by atoms with Crippen molar-refractivity contribution in [2.75, 3.05) is 23.5 Å². The van der Waals surface area contributed by atoms with Crippen LogP contribution in [0.5, 0.6) is 5.75 Å². The van der Waals surface area contributed by atoms with E-state index in [4.69, 9.17) is 4.74 Å². The van der Waals surface area contributed by atoms with E-state index in [1.165, 1.54) is 11.8 Å². The molecule has 3 amide bonds. The molecule has 5 aromatic rings. The first-order chi connectivity index (χ1) is 21.0. The van der Waals surface area contributed by atoms with Crippen LogP contribution in [-0.2, 0) is 9.59 Å². The van der Waals surface area contributed by atoms with E-state index in [1.807, 2.05) is 66.7 Å². The Morgan fingerprint density at radius 3 is 2.33 bits per heavy atom. The average Bonchev–Trinajstić information content (AvgIpc) is 3.04. The first kappa shape index (κ1) is 29.2. The van der Waals surface area contributed by atoms with E-state index in [9.17, 15) is 14.4 Å². The van der Waals surface area contributed by atoms with Crippen LogP contribution in [0.1, 0.15) is 15.9 Å². The minimum Gasteiger partial charge on any atom is -0.496 e. The molecule has 8 heteroatoms. The van der Waals surface area contributed by atoms with Crippen LogP contribution in [0.25, 0.3) is 16.8 Å². The number of amides is 3. The maximum Gasteiger partial charge on any atom is 0.272 e. The summed E-state index contributed by atoms with van der Waals surface area (Å²) < 4.78 is 5.43. The molecule has 0 spiro atoms. The maximum atomic E-state index is 13.5. The van der Waals surface area contributed by atoms with Crippen molar-refractivity contribution in [2.45, 2.75) is 4.90 Å². The summed E-state index contributed by atoms with van der Waals surface area (Å²) >= 11 is 1.35. The Balaban J connectivity index is 1.28. The van der Waals surface area contributed by atoms with Crippen LogP contribution in [0.2, 0.25) is 0 Å². The summed E-state index contributed by atoms with van der Waals surface area (Å²) in [6.45, 7) is 0. The molecule has 0 unspecified atom stereocenters. The van der Waals surface area contributed by atoms with Crippen molar-refractivity contribution < 1.29 is 19.1 Å². The number of carbonyl (C=O) groups excluding carboxylic acids is 3. The molecule has 0 radical (unpaired) electrons. The van der Waals surface area contributed by atoms with Crippen molar-refractivity contribution in [3.63, 3.8) is 0 Å². The van der Waals surface area contributed by atoms with Crippen molar-refractivity contribution in [3.05, 3.63) is 138 Å². The fourth-order valence-electron chi connectivity index (χ4n) is 4.42. The third kappa shape index (κ3) is 7.69. The number of para-hydroxylation sites is 1. The van der Waals surface area contributed by atoms with Gasteiger partial charge < -0.3 is 20.7 Å². The van der Waals surface area contributed by atoms with Gasteiger partial charge >= 0.3 is 0 Å². The lowest BCUT2D eigenvalue weighted by Crippen LogP contribution is -2.30. The summed E-state index contributed by atoms with van der Waals surface area (Å²) in [7, 11) is 1.54. The van der Waals surface area contributed by atoms with Gasteiger partial charge in [-0.3, -0.25) is 14.4 Å². The summed E-state index contributed by atoms with van der Waals surface area (Å²) in [6.07, 6.45) is 1.57. The fourth-order valence-corrected chi connectivity index (χ4v) is 5.17. The largest absolute Gasteiger partial charge is 0.496 e. The lowest BCUT2D eigenvalue weighted by Gasteiger charge is -2.13. The second-order valence-corrected chi connectivity index (χ2v) is 10.5. The smallest absolute Gasteiger partial charge is 0.272 e. The Kier molecular flexibility index (Phi) is 9.51. The minimum atomic E-state index is -0.508. The minimum absolute atomic E-state index is 0.0471. The summed E-state index contributed by atoms with van der Waals surface area (Å²) in [5.74, 6) is -0.319. The highest BCUT2D eigenvalue weighted by molar-refractivity contribution is 8.00. The number of hydrogen-bond acceptors (Lipinski definition) is 5.